The summed E-state index contributed by atoms with van der Waals surface area (Å²) in [4.78, 5) is 23.3. The Hall–Kier alpha value is -3.09. The van der Waals surface area contributed by atoms with E-state index in [4.69, 9.17) is 10.5 Å². The predicted octanol–water partition coefficient (Wildman–Crippen LogP) is 3.38. The topological polar surface area (TPSA) is 107 Å². The molecule has 0 heterocycles. The molecular weight excluding hydrogens is 334 g/mol. The fourth-order valence-electron chi connectivity index (χ4n) is 3.30. The Labute approximate surface area is 151 Å². The first-order valence-corrected chi connectivity index (χ1v) is 8.60. The van der Waals surface area contributed by atoms with Crippen LogP contribution in [0.2, 0.25) is 0 Å². The predicted molar refractivity (Wildman–Crippen MR) is 98.3 cm³/mol. The molecule has 1 aliphatic carbocycles. The van der Waals surface area contributed by atoms with Crippen molar-refractivity contribution in [1.29, 1.82) is 0 Å². The summed E-state index contributed by atoms with van der Waals surface area (Å²) in [5.41, 5.74) is 8.77. The van der Waals surface area contributed by atoms with Gasteiger partial charge < -0.3 is 15.8 Å². The van der Waals surface area contributed by atoms with Crippen LogP contribution in [0.1, 0.15) is 47.3 Å². The molecule has 0 saturated carbocycles. The van der Waals surface area contributed by atoms with Crippen LogP contribution >= 0.6 is 0 Å². The Morgan fingerprint density at radius 1 is 1.35 bits per heavy atom. The van der Waals surface area contributed by atoms with Gasteiger partial charge in [-0.15, -0.1) is 0 Å². The highest BCUT2D eigenvalue weighted by atomic mass is 16.6. The Bertz CT molecular complexity index is 851. The minimum atomic E-state index is -0.541. The highest BCUT2D eigenvalue weighted by molar-refractivity contribution is 5.95. The quantitative estimate of drug-likeness (QED) is 0.486. The molecule has 0 aliphatic heterocycles. The second-order valence-corrected chi connectivity index (χ2v) is 6.25. The van der Waals surface area contributed by atoms with E-state index in [0.717, 1.165) is 30.4 Å². The fraction of sp³-hybridized carbons (Fsp3) is 0.316. The Balaban J connectivity index is 1.83. The molecule has 1 amide bonds. The number of nitrogen functional groups attached to an aromatic ring is 1. The molecule has 26 heavy (non-hydrogen) atoms. The van der Waals surface area contributed by atoms with Gasteiger partial charge in [-0.3, -0.25) is 14.9 Å². The highest BCUT2D eigenvalue weighted by Crippen LogP contribution is 2.32. The van der Waals surface area contributed by atoms with Gasteiger partial charge in [0.1, 0.15) is 0 Å². The van der Waals surface area contributed by atoms with Gasteiger partial charge in [0.15, 0.2) is 5.75 Å². The summed E-state index contributed by atoms with van der Waals surface area (Å²) in [6.07, 6.45) is 2.70. The van der Waals surface area contributed by atoms with Crippen molar-refractivity contribution in [2.75, 3.05) is 12.3 Å². The molecule has 2 aromatic rings. The molecular formula is C19H21N3O4. The van der Waals surface area contributed by atoms with Crippen LogP contribution in [0.4, 0.5) is 11.4 Å². The smallest absolute Gasteiger partial charge is 0.311 e. The van der Waals surface area contributed by atoms with Gasteiger partial charge in [0.25, 0.3) is 5.91 Å². The zero-order valence-corrected chi connectivity index (χ0v) is 14.5. The number of nitro groups is 1. The molecule has 136 valence electrons. The van der Waals surface area contributed by atoms with Crippen LogP contribution in [-0.2, 0) is 6.42 Å². The van der Waals surface area contributed by atoms with Gasteiger partial charge in [-0.1, -0.05) is 6.07 Å². The number of carbonyl (C=O) groups is 1. The Morgan fingerprint density at radius 3 is 2.88 bits per heavy atom. The third kappa shape index (κ3) is 3.61. The van der Waals surface area contributed by atoms with Crippen LogP contribution in [0.3, 0.4) is 0 Å². The lowest BCUT2D eigenvalue weighted by Gasteiger charge is -2.26. The Kier molecular flexibility index (Phi) is 5.06. The summed E-state index contributed by atoms with van der Waals surface area (Å²) in [5.74, 6) is -0.182. The van der Waals surface area contributed by atoms with Crippen molar-refractivity contribution in [2.45, 2.75) is 32.2 Å². The lowest BCUT2D eigenvalue weighted by Crippen LogP contribution is -2.31. The standard InChI is InChI=1S/C19H21N3O4/c1-2-26-18-9-6-13(11-17(18)22(24)25)19(23)21-16-5-3-4-12-10-14(20)7-8-15(12)16/h6-11,16H,2-5,20H2,1H3,(H,21,23). The SMILES string of the molecule is CCOc1ccc(C(=O)NC2CCCc3cc(N)ccc32)cc1[N+](=O)[O-]. The van der Waals surface area contributed by atoms with E-state index in [1.807, 2.05) is 18.2 Å². The molecule has 1 atom stereocenters. The van der Waals surface area contributed by atoms with Crippen molar-refractivity contribution < 1.29 is 14.5 Å². The maximum absolute atomic E-state index is 12.6. The zero-order chi connectivity index (χ0) is 18.7. The number of rotatable bonds is 5. The molecule has 7 heteroatoms. The van der Waals surface area contributed by atoms with E-state index in [2.05, 4.69) is 5.32 Å². The van der Waals surface area contributed by atoms with Crippen LogP contribution in [0.5, 0.6) is 5.75 Å². The lowest BCUT2D eigenvalue weighted by atomic mass is 9.87. The zero-order valence-electron chi connectivity index (χ0n) is 14.5. The third-order valence-corrected chi connectivity index (χ3v) is 4.50. The fourth-order valence-corrected chi connectivity index (χ4v) is 3.30. The number of nitrogens with two attached hydrogens (primary N) is 1. The number of carbonyl (C=O) groups excluding carboxylic acids is 1. The monoisotopic (exact) mass is 355 g/mol. The summed E-state index contributed by atoms with van der Waals surface area (Å²) >= 11 is 0. The van der Waals surface area contributed by atoms with E-state index in [-0.39, 0.29) is 28.9 Å². The van der Waals surface area contributed by atoms with E-state index in [9.17, 15) is 14.9 Å². The molecule has 0 bridgehead atoms. The number of nitrogens with one attached hydrogen (secondary N) is 1. The van der Waals surface area contributed by atoms with Crippen LogP contribution in [0, 0.1) is 10.1 Å². The lowest BCUT2D eigenvalue weighted by molar-refractivity contribution is -0.385. The second kappa shape index (κ2) is 7.43. The minimum absolute atomic E-state index is 0.127. The number of aryl methyl sites for hydroxylation is 1. The van der Waals surface area contributed by atoms with Crippen molar-refractivity contribution >= 4 is 17.3 Å². The number of anilines is 1. The van der Waals surface area contributed by atoms with Crippen LogP contribution in [-0.4, -0.2) is 17.4 Å². The number of amides is 1. The van der Waals surface area contributed by atoms with Gasteiger partial charge >= 0.3 is 5.69 Å². The first-order valence-electron chi connectivity index (χ1n) is 8.60. The summed E-state index contributed by atoms with van der Waals surface area (Å²) in [6.45, 7) is 2.06. The van der Waals surface area contributed by atoms with Crippen molar-refractivity contribution in [3.05, 3.63) is 63.2 Å². The van der Waals surface area contributed by atoms with E-state index in [1.54, 1.807) is 13.0 Å². The summed E-state index contributed by atoms with van der Waals surface area (Å²) < 4.78 is 5.26. The van der Waals surface area contributed by atoms with Crippen molar-refractivity contribution in [3.8, 4) is 5.75 Å². The van der Waals surface area contributed by atoms with Crippen molar-refractivity contribution in [3.63, 3.8) is 0 Å². The number of nitrogens with zero attached hydrogens (tertiary/aromatic N) is 1. The van der Waals surface area contributed by atoms with E-state index >= 15 is 0 Å². The normalized spacial score (nSPS) is 15.8. The van der Waals surface area contributed by atoms with Gasteiger partial charge in [-0.2, -0.15) is 0 Å². The largest absolute Gasteiger partial charge is 0.487 e. The van der Waals surface area contributed by atoms with Gasteiger partial charge in [0.2, 0.25) is 0 Å². The molecule has 0 saturated heterocycles. The molecule has 3 rings (SSSR count). The van der Waals surface area contributed by atoms with Gasteiger partial charge in [0, 0.05) is 17.3 Å². The third-order valence-electron chi connectivity index (χ3n) is 4.50. The minimum Gasteiger partial charge on any atom is -0.487 e. The molecule has 2 aromatic carbocycles. The molecule has 0 spiro atoms. The first kappa shape index (κ1) is 17.7. The Morgan fingerprint density at radius 2 is 2.15 bits per heavy atom. The maximum Gasteiger partial charge on any atom is 0.311 e. The van der Waals surface area contributed by atoms with Crippen LogP contribution < -0.4 is 15.8 Å². The number of ether oxygens (including phenoxy) is 1. The second-order valence-electron chi connectivity index (χ2n) is 6.25. The van der Waals surface area contributed by atoms with Crippen LogP contribution in [0.15, 0.2) is 36.4 Å². The first-order chi connectivity index (χ1) is 12.5. The molecule has 3 N–H and O–H groups in total. The molecule has 1 aliphatic rings. The molecule has 0 fully saturated rings. The number of benzene rings is 2. The molecule has 0 aromatic heterocycles. The van der Waals surface area contributed by atoms with Gasteiger partial charge in [-0.25, -0.2) is 0 Å². The summed E-state index contributed by atoms with van der Waals surface area (Å²) in [5, 5.41) is 14.2. The molecule has 7 nitrogen and oxygen atoms in total. The molecule has 0 radical (unpaired) electrons. The van der Waals surface area contributed by atoms with Crippen molar-refractivity contribution in [1.82, 2.24) is 5.32 Å². The van der Waals surface area contributed by atoms with Gasteiger partial charge in [-0.05, 0) is 61.6 Å². The number of fused-ring (bicyclic) bond motifs is 1. The number of nitro benzene ring substituents is 1. The van der Waals surface area contributed by atoms with Crippen molar-refractivity contribution in [2.24, 2.45) is 0 Å². The number of hydrogen-bond donors (Lipinski definition) is 2. The summed E-state index contributed by atoms with van der Waals surface area (Å²) in [6, 6.07) is 9.84. The van der Waals surface area contributed by atoms with E-state index in [0.29, 0.717) is 12.3 Å². The molecule has 1 unspecified atom stereocenters. The number of hydrogen-bond acceptors (Lipinski definition) is 5. The maximum atomic E-state index is 12.6. The van der Waals surface area contributed by atoms with E-state index in [1.165, 1.54) is 12.1 Å². The van der Waals surface area contributed by atoms with Crippen LogP contribution in [0.25, 0.3) is 0 Å². The van der Waals surface area contributed by atoms with Gasteiger partial charge in [0.05, 0.1) is 17.6 Å². The average Bonchev–Trinajstić information content (AvgIpc) is 2.62. The van der Waals surface area contributed by atoms with E-state index < -0.39 is 4.92 Å². The summed E-state index contributed by atoms with van der Waals surface area (Å²) in [7, 11) is 0. The average molecular weight is 355 g/mol. The highest BCUT2D eigenvalue weighted by Gasteiger charge is 2.24.